The lowest BCUT2D eigenvalue weighted by molar-refractivity contribution is -0.150. The molecule has 1 unspecified atom stereocenters. The van der Waals surface area contributed by atoms with Gasteiger partial charge in [0.25, 0.3) is 0 Å². The molecule has 0 aliphatic heterocycles. The minimum Gasteiger partial charge on any atom is -0.469 e. The van der Waals surface area contributed by atoms with Gasteiger partial charge in [-0.3, -0.25) is 9.59 Å². The molecule has 0 N–H and O–H groups in total. The summed E-state index contributed by atoms with van der Waals surface area (Å²) in [5, 5.41) is 0. The van der Waals surface area contributed by atoms with Gasteiger partial charge in [0, 0.05) is 0 Å². The molecule has 1 atom stereocenters. The van der Waals surface area contributed by atoms with E-state index in [1.807, 2.05) is 0 Å². The standard InChI is InChI=1S/C9H14O4/c1-6(2)7(9(11)13-4)5-8(10)12-3/h7H,1,5H2,2-4H3. The van der Waals surface area contributed by atoms with E-state index in [1.54, 1.807) is 6.92 Å². The number of carbonyl (C=O) groups is 2. The Hall–Kier alpha value is -1.32. The van der Waals surface area contributed by atoms with Crippen molar-refractivity contribution in [3.63, 3.8) is 0 Å². The summed E-state index contributed by atoms with van der Waals surface area (Å²) in [5.74, 6) is -1.51. The van der Waals surface area contributed by atoms with Crippen LogP contribution >= 0.6 is 0 Å². The molecule has 0 saturated heterocycles. The fourth-order valence-electron chi connectivity index (χ4n) is 0.851. The Labute approximate surface area is 77.5 Å². The Kier molecular flexibility index (Phi) is 4.80. The molecule has 0 spiro atoms. The first kappa shape index (κ1) is 11.7. The molecular formula is C9H14O4. The van der Waals surface area contributed by atoms with Crippen LogP contribution in [-0.2, 0) is 19.1 Å². The van der Waals surface area contributed by atoms with Crippen LogP contribution in [-0.4, -0.2) is 26.2 Å². The van der Waals surface area contributed by atoms with Crippen LogP contribution in [0.25, 0.3) is 0 Å². The van der Waals surface area contributed by atoms with Crippen LogP contribution in [0.4, 0.5) is 0 Å². The smallest absolute Gasteiger partial charge is 0.313 e. The van der Waals surface area contributed by atoms with E-state index in [1.165, 1.54) is 14.2 Å². The molecule has 0 heterocycles. The Morgan fingerprint density at radius 2 is 1.85 bits per heavy atom. The minimum absolute atomic E-state index is 0.0154. The van der Waals surface area contributed by atoms with Crippen molar-refractivity contribution in [2.45, 2.75) is 13.3 Å². The maximum Gasteiger partial charge on any atom is 0.313 e. The Bertz CT molecular complexity index is 220. The molecular weight excluding hydrogens is 172 g/mol. The van der Waals surface area contributed by atoms with Crippen molar-refractivity contribution in [1.82, 2.24) is 0 Å². The summed E-state index contributed by atoms with van der Waals surface area (Å²) in [6, 6.07) is 0. The number of carbonyl (C=O) groups excluding carboxylic acids is 2. The lowest BCUT2D eigenvalue weighted by Crippen LogP contribution is -2.21. The third-order valence-corrected chi connectivity index (χ3v) is 1.68. The van der Waals surface area contributed by atoms with Crippen molar-refractivity contribution >= 4 is 11.9 Å². The molecule has 0 amide bonds. The van der Waals surface area contributed by atoms with E-state index in [0.717, 1.165) is 0 Å². The number of rotatable bonds is 4. The van der Waals surface area contributed by atoms with Gasteiger partial charge >= 0.3 is 11.9 Å². The molecule has 0 fully saturated rings. The van der Waals surface area contributed by atoms with Crippen molar-refractivity contribution in [3.05, 3.63) is 12.2 Å². The van der Waals surface area contributed by atoms with Crippen molar-refractivity contribution < 1.29 is 19.1 Å². The van der Waals surface area contributed by atoms with E-state index < -0.39 is 17.9 Å². The SMILES string of the molecule is C=C(C)C(CC(=O)OC)C(=O)OC. The number of esters is 2. The summed E-state index contributed by atoms with van der Waals surface area (Å²) in [6.07, 6.45) is -0.0154. The topological polar surface area (TPSA) is 52.6 Å². The predicted molar refractivity (Wildman–Crippen MR) is 47.0 cm³/mol. The van der Waals surface area contributed by atoms with Crippen molar-refractivity contribution in [3.8, 4) is 0 Å². The molecule has 0 rings (SSSR count). The van der Waals surface area contributed by atoms with Gasteiger partial charge in [0.2, 0.25) is 0 Å². The van der Waals surface area contributed by atoms with Crippen LogP contribution in [0.3, 0.4) is 0 Å². The first-order valence-electron chi connectivity index (χ1n) is 3.83. The Morgan fingerprint density at radius 1 is 1.31 bits per heavy atom. The quantitative estimate of drug-likeness (QED) is 0.484. The average molecular weight is 186 g/mol. The number of hydrogen-bond donors (Lipinski definition) is 0. The molecule has 0 aromatic heterocycles. The van der Waals surface area contributed by atoms with Crippen LogP contribution in [0.5, 0.6) is 0 Å². The lowest BCUT2D eigenvalue weighted by Gasteiger charge is -2.12. The largest absolute Gasteiger partial charge is 0.469 e. The minimum atomic E-state index is -0.600. The second-order valence-corrected chi connectivity index (χ2v) is 2.70. The lowest BCUT2D eigenvalue weighted by atomic mass is 9.98. The summed E-state index contributed by atoms with van der Waals surface area (Å²) in [5.41, 5.74) is 0.595. The van der Waals surface area contributed by atoms with Gasteiger partial charge in [0.05, 0.1) is 26.6 Å². The van der Waals surface area contributed by atoms with Crippen LogP contribution < -0.4 is 0 Å². The highest BCUT2D eigenvalue weighted by Crippen LogP contribution is 2.15. The molecule has 0 aliphatic rings. The molecule has 74 valence electrons. The second-order valence-electron chi connectivity index (χ2n) is 2.70. The zero-order valence-electron chi connectivity index (χ0n) is 8.12. The van der Waals surface area contributed by atoms with Crippen LogP contribution in [0.1, 0.15) is 13.3 Å². The molecule has 0 bridgehead atoms. The molecule has 13 heavy (non-hydrogen) atoms. The number of ether oxygens (including phenoxy) is 2. The fraction of sp³-hybridized carbons (Fsp3) is 0.556. The molecule has 0 radical (unpaired) electrons. The Balaban J connectivity index is 4.35. The van der Waals surface area contributed by atoms with E-state index in [4.69, 9.17) is 0 Å². The van der Waals surface area contributed by atoms with Gasteiger partial charge in [0.15, 0.2) is 0 Å². The zero-order valence-corrected chi connectivity index (χ0v) is 8.12. The van der Waals surface area contributed by atoms with Crippen molar-refractivity contribution in [2.75, 3.05) is 14.2 Å². The summed E-state index contributed by atoms with van der Waals surface area (Å²) in [7, 11) is 2.55. The molecule has 0 aliphatic carbocycles. The maximum absolute atomic E-state index is 11.1. The Morgan fingerprint density at radius 3 is 2.15 bits per heavy atom. The fourth-order valence-corrected chi connectivity index (χ4v) is 0.851. The number of hydrogen-bond acceptors (Lipinski definition) is 4. The monoisotopic (exact) mass is 186 g/mol. The van der Waals surface area contributed by atoms with Gasteiger partial charge in [-0.25, -0.2) is 0 Å². The first-order valence-corrected chi connectivity index (χ1v) is 3.83. The van der Waals surface area contributed by atoms with E-state index in [2.05, 4.69) is 16.1 Å². The maximum atomic E-state index is 11.1. The normalized spacial score (nSPS) is 11.6. The van der Waals surface area contributed by atoms with E-state index >= 15 is 0 Å². The molecule has 4 heteroatoms. The highest BCUT2D eigenvalue weighted by molar-refractivity contribution is 5.82. The molecule has 0 saturated carbocycles. The average Bonchev–Trinajstić information content (AvgIpc) is 2.11. The van der Waals surface area contributed by atoms with Gasteiger partial charge in [-0.15, -0.1) is 0 Å². The molecule has 0 aromatic carbocycles. The van der Waals surface area contributed by atoms with Gasteiger partial charge in [-0.1, -0.05) is 12.2 Å². The van der Waals surface area contributed by atoms with Gasteiger partial charge in [0.1, 0.15) is 0 Å². The zero-order chi connectivity index (χ0) is 10.4. The van der Waals surface area contributed by atoms with Crippen molar-refractivity contribution in [2.24, 2.45) is 5.92 Å². The summed E-state index contributed by atoms with van der Waals surface area (Å²) in [6.45, 7) is 5.27. The van der Waals surface area contributed by atoms with E-state index in [-0.39, 0.29) is 6.42 Å². The highest BCUT2D eigenvalue weighted by atomic mass is 16.5. The third kappa shape index (κ3) is 3.73. The van der Waals surface area contributed by atoms with Gasteiger partial charge in [-0.05, 0) is 6.92 Å². The summed E-state index contributed by atoms with van der Waals surface area (Å²) < 4.78 is 8.95. The van der Waals surface area contributed by atoms with E-state index in [9.17, 15) is 9.59 Å². The van der Waals surface area contributed by atoms with E-state index in [0.29, 0.717) is 5.57 Å². The first-order chi connectivity index (χ1) is 6.02. The van der Waals surface area contributed by atoms with Gasteiger partial charge < -0.3 is 9.47 Å². The number of methoxy groups -OCH3 is 2. The molecule has 4 nitrogen and oxygen atoms in total. The third-order valence-electron chi connectivity index (χ3n) is 1.68. The molecule has 0 aromatic rings. The summed E-state index contributed by atoms with van der Waals surface area (Å²) >= 11 is 0. The second kappa shape index (κ2) is 5.35. The highest BCUT2D eigenvalue weighted by Gasteiger charge is 2.23. The van der Waals surface area contributed by atoms with Gasteiger partial charge in [-0.2, -0.15) is 0 Å². The van der Waals surface area contributed by atoms with Crippen LogP contribution in [0, 0.1) is 5.92 Å². The van der Waals surface area contributed by atoms with Crippen LogP contribution in [0.15, 0.2) is 12.2 Å². The van der Waals surface area contributed by atoms with Crippen molar-refractivity contribution in [1.29, 1.82) is 0 Å². The van der Waals surface area contributed by atoms with Crippen LogP contribution in [0.2, 0.25) is 0 Å². The summed E-state index contributed by atoms with van der Waals surface area (Å²) in [4.78, 5) is 22.0. The predicted octanol–water partition coefficient (Wildman–Crippen LogP) is 0.915.